The van der Waals surface area contributed by atoms with Crippen LogP contribution in [0, 0.1) is 6.07 Å². The molecule has 0 fully saturated rings. The Morgan fingerprint density at radius 1 is 1.62 bits per heavy atom. The van der Waals surface area contributed by atoms with Crippen LogP contribution in [0.5, 0.6) is 0 Å². The zero-order valence-electron chi connectivity index (χ0n) is 7.01. The second kappa shape index (κ2) is 6.19. The molecule has 0 amide bonds. The van der Waals surface area contributed by atoms with Gasteiger partial charge < -0.3 is 9.53 Å². The molecule has 0 aliphatic heterocycles. The summed E-state index contributed by atoms with van der Waals surface area (Å²) in [5.41, 5.74) is 0.458. The molecule has 0 aliphatic carbocycles. The summed E-state index contributed by atoms with van der Waals surface area (Å²) in [5.74, 6) is -0.329. The molecular weight excluding hydrogens is 275 g/mol. The van der Waals surface area contributed by atoms with Crippen molar-refractivity contribution in [3.05, 3.63) is 34.3 Å². The van der Waals surface area contributed by atoms with E-state index in [1.165, 1.54) is 0 Å². The van der Waals surface area contributed by atoms with Gasteiger partial charge in [-0.25, -0.2) is 0 Å². The van der Waals surface area contributed by atoms with Crippen molar-refractivity contribution < 1.29 is 26.6 Å². The van der Waals surface area contributed by atoms with E-state index in [1.54, 1.807) is 25.1 Å². The van der Waals surface area contributed by atoms with Gasteiger partial charge in [-0.3, -0.25) is 0 Å². The maximum absolute atomic E-state index is 11.1. The summed E-state index contributed by atoms with van der Waals surface area (Å²) >= 11 is 3.25. The molecule has 0 aromatic heterocycles. The van der Waals surface area contributed by atoms with Crippen molar-refractivity contribution in [2.75, 3.05) is 6.61 Å². The fourth-order valence-corrected chi connectivity index (χ4v) is 0.988. The average Bonchev–Trinajstić information content (AvgIpc) is 2.06. The van der Waals surface area contributed by atoms with E-state index in [9.17, 15) is 4.79 Å². The van der Waals surface area contributed by atoms with Gasteiger partial charge in [0.05, 0.1) is 6.61 Å². The Morgan fingerprint density at radius 3 is 2.77 bits per heavy atom. The molecule has 0 aliphatic rings. The van der Waals surface area contributed by atoms with Gasteiger partial charge in [-0.05, 0) is 6.92 Å². The quantitative estimate of drug-likeness (QED) is 0.473. The Balaban J connectivity index is 0.00000144. The third-order valence-corrected chi connectivity index (χ3v) is 1.76. The van der Waals surface area contributed by atoms with Crippen molar-refractivity contribution in [2.24, 2.45) is 0 Å². The predicted octanol–water partition coefficient (Wildman–Crippen LogP) is 2.42. The van der Waals surface area contributed by atoms with E-state index in [1.807, 2.05) is 0 Å². The summed E-state index contributed by atoms with van der Waals surface area (Å²) in [5, 5.41) is 0. The van der Waals surface area contributed by atoms with Gasteiger partial charge in [0.1, 0.15) is 0 Å². The summed E-state index contributed by atoms with van der Waals surface area (Å²) < 4.78 is 5.68. The second-order valence-electron chi connectivity index (χ2n) is 2.14. The summed E-state index contributed by atoms with van der Waals surface area (Å²) in [6, 6.07) is 7.94. The van der Waals surface area contributed by atoms with Gasteiger partial charge in [-0.2, -0.15) is 0 Å². The minimum atomic E-state index is -0.329. The minimum Gasteiger partial charge on any atom is -0.506 e. The van der Waals surface area contributed by atoms with Crippen LogP contribution in [-0.2, 0) is 21.8 Å². The number of esters is 1. The molecule has 0 N–H and O–H groups in total. The second-order valence-corrected chi connectivity index (χ2v) is 3.06. The molecule has 1 aromatic rings. The largest absolute Gasteiger partial charge is 0.506 e. The van der Waals surface area contributed by atoms with E-state index in [0.717, 1.165) is 4.47 Å². The summed E-state index contributed by atoms with van der Waals surface area (Å²) in [6.07, 6.45) is 0. The maximum atomic E-state index is 11.1. The first-order valence-electron chi connectivity index (χ1n) is 3.58. The molecule has 0 spiro atoms. The number of hydrogen-bond donors (Lipinski definition) is 0. The maximum Gasteiger partial charge on any atom is 0.250 e. The number of rotatable bonds is 2. The Kier molecular flexibility index (Phi) is 6.04. The summed E-state index contributed by atoms with van der Waals surface area (Å²) in [6.45, 7) is 2.17. The topological polar surface area (TPSA) is 26.3 Å². The monoisotopic (exact) mass is 282 g/mol. The van der Waals surface area contributed by atoms with Gasteiger partial charge in [0, 0.05) is 17.1 Å². The van der Waals surface area contributed by atoms with E-state index >= 15 is 0 Å². The zero-order chi connectivity index (χ0) is 8.97. The molecule has 71 valence electrons. The SMILES string of the molecule is CCOC(=O)c1[c-]cc(Br)cc1.[Mn]. The number of benzene rings is 1. The standard InChI is InChI=1S/C9H8BrO2.Mn/c1-2-12-9(11)7-3-5-8(10)6-4-7;/h3,5-6H,2H2,1H3;/q-1;. The molecule has 0 atom stereocenters. The van der Waals surface area contributed by atoms with Crippen LogP contribution in [0.4, 0.5) is 0 Å². The first kappa shape index (κ1) is 12.7. The smallest absolute Gasteiger partial charge is 0.250 e. The molecule has 13 heavy (non-hydrogen) atoms. The number of carbonyl (C=O) groups excluding carboxylic acids is 1. The molecule has 1 aromatic carbocycles. The van der Waals surface area contributed by atoms with E-state index in [0.29, 0.717) is 12.2 Å². The fraction of sp³-hybridized carbons (Fsp3) is 0.222. The first-order valence-corrected chi connectivity index (χ1v) is 4.37. The number of halogens is 1. The zero-order valence-corrected chi connectivity index (χ0v) is 9.78. The molecule has 1 radical (unpaired) electrons. The van der Waals surface area contributed by atoms with Crippen molar-refractivity contribution >= 4 is 21.9 Å². The van der Waals surface area contributed by atoms with E-state index < -0.39 is 0 Å². The van der Waals surface area contributed by atoms with Gasteiger partial charge in [0.15, 0.2) is 0 Å². The van der Waals surface area contributed by atoms with Crippen molar-refractivity contribution in [3.63, 3.8) is 0 Å². The van der Waals surface area contributed by atoms with Crippen LogP contribution in [0.15, 0.2) is 22.7 Å². The summed E-state index contributed by atoms with van der Waals surface area (Å²) in [7, 11) is 0. The molecule has 2 nitrogen and oxygen atoms in total. The first-order chi connectivity index (χ1) is 5.74. The molecule has 0 saturated heterocycles. The molecule has 0 unspecified atom stereocenters. The van der Waals surface area contributed by atoms with E-state index in [4.69, 9.17) is 4.74 Å². The molecule has 1 rings (SSSR count). The van der Waals surface area contributed by atoms with Crippen molar-refractivity contribution in [1.82, 2.24) is 0 Å². The normalized spacial score (nSPS) is 8.77. The van der Waals surface area contributed by atoms with E-state index in [-0.39, 0.29) is 23.0 Å². The van der Waals surface area contributed by atoms with Crippen LogP contribution >= 0.6 is 15.9 Å². The summed E-state index contributed by atoms with van der Waals surface area (Å²) in [4.78, 5) is 11.1. The fourth-order valence-electron chi connectivity index (χ4n) is 0.742. The van der Waals surface area contributed by atoms with Crippen molar-refractivity contribution in [2.45, 2.75) is 6.92 Å². The van der Waals surface area contributed by atoms with Gasteiger partial charge in [-0.1, -0.05) is 10.0 Å². The van der Waals surface area contributed by atoms with Crippen LogP contribution in [0.25, 0.3) is 0 Å². The third kappa shape index (κ3) is 3.94. The Bertz CT molecular complexity index is 271. The van der Waals surface area contributed by atoms with Gasteiger partial charge in [-0.15, -0.1) is 40.2 Å². The van der Waals surface area contributed by atoms with Crippen LogP contribution in [0.3, 0.4) is 0 Å². The van der Waals surface area contributed by atoms with Gasteiger partial charge >= 0.3 is 0 Å². The van der Waals surface area contributed by atoms with Crippen LogP contribution in [-0.4, -0.2) is 12.6 Å². The van der Waals surface area contributed by atoms with Crippen LogP contribution < -0.4 is 0 Å². The molecule has 0 heterocycles. The van der Waals surface area contributed by atoms with Gasteiger partial charge in [0.2, 0.25) is 5.97 Å². The van der Waals surface area contributed by atoms with Crippen molar-refractivity contribution in [1.29, 1.82) is 0 Å². The third-order valence-electron chi connectivity index (χ3n) is 1.27. The average molecular weight is 283 g/mol. The Hall–Kier alpha value is -0.311. The Labute approximate surface area is 96.3 Å². The van der Waals surface area contributed by atoms with Crippen molar-refractivity contribution in [3.8, 4) is 0 Å². The molecule has 4 heteroatoms. The predicted molar refractivity (Wildman–Crippen MR) is 48.9 cm³/mol. The van der Waals surface area contributed by atoms with Crippen LogP contribution in [0.2, 0.25) is 0 Å². The molecule has 0 bridgehead atoms. The number of carbonyl (C=O) groups is 1. The Morgan fingerprint density at radius 2 is 2.31 bits per heavy atom. The minimum absolute atomic E-state index is 0. The number of ether oxygens (including phenoxy) is 1. The molecular formula is C9H8BrMnO2-. The molecule has 0 saturated carbocycles. The van der Waals surface area contributed by atoms with E-state index in [2.05, 4.69) is 22.0 Å². The van der Waals surface area contributed by atoms with Gasteiger partial charge in [0.25, 0.3) is 0 Å². The number of hydrogen-bond acceptors (Lipinski definition) is 2. The van der Waals surface area contributed by atoms with Crippen LogP contribution in [0.1, 0.15) is 17.3 Å².